The molecule has 4 heteroatoms. The Kier molecular flexibility index (Phi) is 1.83. The van der Waals surface area contributed by atoms with Crippen LogP contribution in [-0.4, -0.2) is 12.7 Å². The number of nitrogens with one attached hydrogen (secondary N) is 1. The number of hydrogen-bond acceptors (Lipinski definition) is 2. The van der Waals surface area contributed by atoms with Crippen molar-refractivity contribution >= 4 is 5.69 Å². The van der Waals surface area contributed by atoms with Gasteiger partial charge >= 0.3 is 6.11 Å². The lowest BCUT2D eigenvalue weighted by Crippen LogP contribution is -2.24. The van der Waals surface area contributed by atoms with Crippen LogP contribution in [0, 0.1) is 0 Å². The first-order valence-corrected chi connectivity index (χ1v) is 4.07. The molecule has 70 valence electrons. The van der Waals surface area contributed by atoms with Crippen molar-refractivity contribution in [2.45, 2.75) is 12.5 Å². The summed E-state index contributed by atoms with van der Waals surface area (Å²) in [5.74, 6) is 0.213. The van der Waals surface area contributed by atoms with Crippen LogP contribution in [0.2, 0.25) is 0 Å². The van der Waals surface area contributed by atoms with Crippen LogP contribution in [0.25, 0.3) is 0 Å². The third-order valence-corrected chi connectivity index (χ3v) is 1.88. The van der Waals surface area contributed by atoms with E-state index < -0.39 is 6.11 Å². The third-order valence-electron chi connectivity index (χ3n) is 1.88. The van der Waals surface area contributed by atoms with E-state index in [9.17, 15) is 8.78 Å². The van der Waals surface area contributed by atoms with Crippen LogP contribution < -0.4 is 10.1 Å². The van der Waals surface area contributed by atoms with E-state index >= 15 is 0 Å². The molecule has 0 unspecified atom stereocenters. The number of hydrogen-bond donors (Lipinski definition) is 1. The number of rotatable bonds is 0. The monoisotopic (exact) mass is 185 g/mol. The lowest BCUT2D eigenvalue weighted by atomic mass is 10.3. The Balaban J connectivity index is 2.34. The van der Waals surface area contributed by atoms with E-state index in [-0.39, 0.29) is 18.7 Å². The number of benzene rings is 1. The van der Waals surface area contributed by atoms with Gasteiger partial charge in [-0.1, -0.05) is 12.1 Å². The normalized spacial score (nSPS) is 19.2. The van der Waals surface area contributed by atoms with Gasteiger partial charge in [0.25, 0.3) is 0 Å². The molecule has 1 aliphatic heterocycles. The zero-order valence-corrected chi connectivity index (χ0v) is 6.89. The number of anilines is 1. The van der Waals surface area contributed by atoms with Crippen molar-refractivity contribution in [3.63, 3.8) is 0 Å². The molecule has 1 N–H and O–H groups in total. The third kappa shape index (κ3) is 1.71. The van der Waals surface area contributed by atoms with E-state index in [1.807, 2.05) is 0 Å². The average molecular weight is 185 g/mol. The van der Waals surface area contributed by atoms with Gasteiger partial charge in [-0.25, -0.2) is 0 Å². The Morgan fingerprint density at radius 1 is 1.31 bits per heavy atom. The van der Waals surface area contributed by atoms with E-state index in [2.05, 4.69) is 10.1 Å². The fraction of sp³-hybridized carbons (Fsp3) is 0.333. The molecule has 0 aromatic heterocycles. The summed E-state index contributed by atoms with van der Waals surface area (Å²) >= 11 is 0. The highest BCUT2D eigenvalue weighted by Crippen LogP contribution is 2.33. The minimum Gasteiger partial charge on any atom is -0.430 e. The second-order valence-electron chi connectivity index (χ2n) is 2.91. The van der Waals surface area contributed by atoms with Gasteiger partial charge in [0, 0.05) is 6.54 Å². The molecule has 0 saturated carbocycles. The van der Waals surface area contributed by atoms with Crippen molar-refractivity contribution < 1.29 is 13.5 Å². The number of fused-ring (bicyclic) bond motifs is 1. The van der Waals surface area contributed by atoms with Crippen LogP contribution in [0.1, 0.15) is 6.42 Å². The van der Waals surface area contributed by atoms with Gasteiger partial charge in [-0.15, -0.1) is 0 Å². The second-order valence-corrected chi connectivity index (χ2v) is 2.91. The summed E-state index contributed by atoms with van der Waals surface area (Å²) in [7, 11) is 0. The molecule has 0 amide bonds. The lowest BCUT2D eigenvalue weighted by Gasteiger charge is -2.14. The largest absolute Gasteiger partial charge is 0.430 e. The van der Waals surface area contributed by atoms with Crippen LogP contribution in [0.5, 0.6) is 5.75 Å². The SMILES string of the molecule is FC1(F)CCNc2ccccc2O1. The molecule has 0 bridgehead atoms. The molecule has 1 heterocycles. The number of halogens is 2. The van der Waals surface area contributed by atoms with E-state index in [1.54, 1.807) is 18.2 Å². The Hall–Kier alpha value is -1.32. The van der Waals surface area contributed by atoms with Gasteiger partial charge in [-0.05, 0) is 12.1 Å². The Morgan fingerprint density at radius 2 is 2.08 bits per heavy atom. The summed E-state index contributed by atoms with van der Waals surface area (Å²) in [6.45, 7) is 0.226. The van der Waals surface area contributed by atoms with E-state index in [0.29, 0.717) is 5.69 Å². The van der Waals surface area contributed by atoms with Crippen LogP contribution in [-0.2, 0) is 0 Å². The van der Waals surface area contributed by atoms with E-state index in [1.165, 1.54) is 6.07 Å². The zero-order valence-electron chi connectivity index (χ0n) is 6.89. The number of para-hydroxylation sites is 2. The highest BCUT2D eigenvalue weighted by molar-refractivity contribution is 5.56. The predicted molar refractivity (Wildman–Crippen MR) is 45.1 cm³/mol. The van der Waals surface area contributed by atoms with Gasteiger partial charge in [0.1, 0.15) is 5.75 Å². The fourth-order valence-electron chi connectivity index (χ4n) is 1.26. The molecule has 0 aliphatic carbocycles. The first kappa shape index (κ1) is 8.29. The first-order chi connectivity index (χ1) is 6.17. The van der Waals surface area contributed by atoms with Crippen LogP contribution in [0.15, 0.2) is 24.3 Å². The van der Waals surface area contributed by atoms with Crippen molar-refractivity contribution in [3.8, 4) is 5.75 Å². The molecular formula is C9H9F2NO. The molecule has 0 fully saturated rings. The van der Waals surface area contributed by atoms with Gasteiger partial charge in [0.15, 0.2) is 0 Å². The highest BCUT2D eigenvalue weighted by Gasteiger charge is 2.33. The Labute approximate surface area is 74.5 Å². The number of alkyl halides is 2. The summed E-state index contributed by atoms with van der Waals surface area (Å²) in [5.41, 5.74) is 0.625. The maximum absolute atomic E-state index is 12.9. The molecule has 1 aliphatic rings. The minimum atomic E-state index is -3.06. The van der Waals surface area contributed by atoms with E-state index in [0.717, 1.165) is 0 Å². The summed E-state index contributed by atoms with van der Waals surface area (Å²) in [6, 6.07) is 6.69. The molecule has 0 radical (unpaired) electrons. The van der Waals surface area contributed by atoms with Crippen molar-refractivity contribution in [3.05, 3.63) is 24.3 Å². The molecule has 0 spiro atoms. The zero-order chi connectivity index (χ0) is 9.31. The van der Waals surface area contributed by atoms with E-state index in [4.69, 9.17) is 0 Å². The van der Waals surface area contributed by atoms with Crippen LogP contribution >= 0.6 is 0 Å². The highest BCUT2D eigenvalue weighted by atomic mass is 19.3. The van der Waals surface area contributed by atoms with Crippen molar-refractivity contribution in [2.24, 2.45) is 0 Å². The first-order valence-electron chi connectivity index (χ1n) is 4.07. The topological polar surface area (TPSA) is 21.3 Å². The maximum Gasteiger partial charge on any atom is 0.399 e. The standard InChI is InChI=1S/C9H9F2NO/c10-9(11)5-6-12-7-3-1-2-4-8(7)13-9/h1-4,12H,5-6H2. The molecule has 1 aromatic carbocycles. The molecule has 0 atom stereocenters. The van der Waals surface area contributed by atoms with Crippen molar-refractivity contribution in [1.29, 1.82) is 0 Å². The lowest BCUT2D eigenvalue weighted by molar-refractivity contribution is -0.175. The molecule has 2 rings (SSSR count). The molecule has 13 heavy (non-hydrogen) atoms. The number of ether oxygens (including phenoxy) is 1. The molecular weight excluding hydrogens is 176 g/mol. The summed E-state index contributed by atoms with van der Waals surface area (Å²) in [4.78, 5) is 0. The van der Waals surface area contributed by atoms with Crippen LogP contribution in [0.4, 0.5) is 14.5 Å². The second kappa shape index (κ2) is 2.87. The summed E-state index contributed by atoms with van der Waals surface area (Å²) in [6.07, 6.45) is -3.36. The average Bonchev–Trinajstić information content (AvgIpc) is 2.21. The fourth-order valence-corrected chi connectivity index (χ4v) is 1.26. The van der Waals surface area contributed by atoms with Gasteiger partial charge < -0.3 is 10.1 Å². The van der Waals surface area contributed by atoms with Gasteiger partial charge in [0.2, 0.25) is 0 Å². The molecule has 2 nitrogen and oxygen atoms in total. The van der Waals surface area contributed by atoms with Gasteiger partial charge in [-0.2, -0.15) is 8.78 Å². The molecule has 1 aromatic rings. The maximum atomic E-state index is 12.9. The summed E-state index contributed by atoms with van der Waals surface area (Å²) in [5, 5.41) is 2.88. The Bertz CT molecular complexity index is 314. The minimum absolute atomic E-state index is 0.213. The van der Waals surface area contributed by atoms with Gasteiger partial charge in [-0.3, -0.25) is 0 Å². The molecule has 0 saturated heterocycles. The quantitative estimate of drug-likeness (QED) is 0.670. The predicted octanol–water partition coefficient (Wildman–Crippen LogP) is 2.47. The van der Waals surface area contributed by atoms with Crippen molar-refractivity contribution in [2.75, 3.05) is 11.9 Å². The summed E-state index contributed by atoms with van der Waals surface area (Å²) < 4.78 is 30.3. The van der Waals surface area contributed by atoms with Crippen LogP contribution in [0.3, 0.4) is 0 Å². The van der Waals surface area contributed by atoms with Crippen molar-refractivity contribution in [1.82, 2.24) is 0 Å². The van der Waals surface area contributed by atoms with Gasteiger partial charge in [0.05, 0.1) is 12.1 Å². The Morgan fingerprint density at radius 3 is 2.92 bits per heavy atom. The smallest absolute Gasteiger partial charge is 0.399 e.